The normalized spacial score (nSPS) is 12.1. The summed E-state index contributed by atoms with van der Waals surface area (Å²) in [6.07, 6.45) is 0. The van der Waals surface area contributed by atoms with Crippen molar-refractivity contribution in [2.75, 3.05) is 7.11 Å². The monoisotopic (exact) mass is 238 g/mol. The third kappa shape index (κ3) is 1.87. The second-order valence-electron chi connectivity index (χ2n) is 3.74. The molecule has 1 rings (SSSR count). The van der Waals surface area contributed by atoms with Crippen molar-refractivity contribution in [2.24, 2.45) is 5.73 Å². The largest absolute Gasteiger partial charge is 0.496 e. The number of rotatable bonds is 2. The van der Waals surface area contributed by atoms with Gasteiger partial charge in [-0.15, -0.1) is 0 Å². The molecule has 0 spiro atoms. The average Bonchev–Trinajstić information content (AvgIpc) is 2.29. The molecule has 1 aromatic rings. The van der Waals surface area contributed by atoms with Crippen LogP contribution in [0.3, 0.4) is 0 Å². The lowest BCUT2D eigenvalue weighted by Crippen LogP contribution is -2.13. The first-order chi connectivity index (χ1) is 7.45. The van der Waals surface area contributed by atoms with E-state index in [-0.39, 0.29) is 0 Å². The van der Waals surface area contributed by atoms with Gasteiger partial charge in [-0.05, 0) is 37.5 Å². The average molecular weight is 239 g/mol. The van der Waals surface area contributed by atoms with Gasteiger partial charge in [-0.3, -0.25) is 0 Å². The second-order valence-corrected chi connectivity index (χ2v) is 4.12. The van der Waals surface area contributed by atoms with E-state index < -0.39 is 6.04 Å². The zero-order valence-corrected chi connectivity index (χ0v) is 10.6. The molecule has 0 fully saturated rings. The van der Waals surface area contributed by atoms with Crippen molar-refractivity contribution in [2.45, 2.75) is 26.8 Å². The minimum Gasteiger partial charge on any atom is -0.496 e. The van der Waals surface area contributed by atoms with Gasteiger partial charge in [0.05, 0.1) is 13.2 Å². The number of hydrogen-bond acceptors (Lipinski definition) is 3. The Kier molecular flexibility index (Phi) is 3.79. The van der Waals surface area contributed by atoms with E-state index in [1.54, 1.807) is 7.11 Å². The van der Waals surface area contributed by atoms with Gasteiger partial charge >= 0.3 is 0 Å². The van der Waals surface area contributed by atoms with Crippen molar-refractivity contribution >= 4 is 11.6 Å². The maximum absolute atomic E-state index is 8.91. The highest BCUT2D eigenvalue weighted by Gasteiger charge is 2.21. The van der Waals surface area contributed by atoms with Gasteiger partial charge in [0.15, 0.2) is 0 Å². The summed E-state index contributed by atoms with van der Waals surface area (Å²) in [6.45, 7) is 5.69. The maximum atomic E-state index is 8.91. The lowest BCUT2D eigenvalue weighted by Gasteiger charge is -2.19. The first kappa shape index (κ1) is 12.8. The molecule has 86 valence electrons. The van der Waals surface area contributed by atoms with Crippen LogP contribution in [0.1, 0.15) is 28.3 Å². The molecule has 1 aromatic carbocycles. The Balaban J connectivity index is 3.65. The fourth-order valence-electron chi connectivity index (χ4n) is 1.81. The summed E-state index contributed by atoms with van der Waals surface area (Å²) in [5, 5.41) is 9.56. The predicted octanol–water partition coefficient (Wildman–Crippen LogP) is 2.80. The summed E-state index contributed by atoms with van der Waals surface area (Å²) in [4.78, 5) is 0. The molecule has 0 aromatic heterocycles. The van der Waals surface area contributed by atoms with Crippen LogP contribution in [0.2, 0.25) is 5.02 Å². The Hall–Kier alpha value is -1.24. The van der Waals surface area contributed by atoms with Crippen LogP contribution in [0.5, 0.6) is 5.75 Å². The van der Waals surface area contributed by atoms with Gasteiger partial charge in [0, 0.05) is 10.6 Å². The molecule has 1 atom stereocenters. The number of ether oxygens (including phenoxy) is 1. The van der Waals surface area contributed by atoms with E-state index in [9.17, 15) is 0 Å². The maximum Gasteiger partial charge on any atom is 0.128 e. The van der Waals surface area contributed by atoms with E-state index in [0.717, 1.165) is 16.7 Å². The Morgan fingerprint density at radius 3 is 2.25 bits per heavy atom. The van der Waals surface area contributed by atoms with Crippen molar-refractivity contribution < 1.29 is 4.74 Å². The van der Waals surface area contributed by atoms with E-state index in [0.29, 0.717) is 16.3 Å². The highest BCUT2D eigenvalue weighted by Crippen LogP contribution is 2.38. The number of hydrogen-bond donors (Lipinski definition) is 1. The van der Waals surface area contributed by atoms with E-state index in [4.69, 9.17) is 27.3 Å². The van der Waals surface area contributed by atoms with E-state index in [1.165, 1.54) is 0 Å². The fraction of sp³-hybridized carbons (Fsp3) is 0.417. The van der Waals surface area contributed by atoms with E-state index >= 15 is 0 Å². The molecule has 2 N–H and O–H groups in total. The predicted molar refractivity (Wildman–Crippen MR) is 64.8 cm³/mol. The number of nitriles is 1. The molecule has 0 aliphatic heterocycles. The highest BCUT2D eigenvalue weighted by molar-refractivity contribution is 6.32. The Morgan fingerprint density at radius 2 is 1.81 bits per heavy atom. The van der Waals surface area contributed by atoms with Gasteiger partial charge < -0.3 is 10.5 Å². The van der Waals surface area contributed by atoms with E-state index in [1.807, 2.05) is 26.8 Å². The van der Waals surface area contributed by atoms with Crippen molar-refractivity contribution in [1.82, 2.24) is 0 Å². The number of benzene rings is 1. The van der Waals surface area contributed by atoms with Crippen LogP contribution in [-0.4, -0.2) is 7.11 Å². The minimum absolute atomic E-state index is 0.652. The van der Waals surface area contributed by atoms with Crippen LogP contribution >= 0.6 is 11.6 Å². The van der Waals surface area contributed by atoms with Gasteiger partial charge in [-0.1, -0.05) is 11.6 Å². The van der Waals surface area contributed by atoms with Crippen LogP contribution in [0.25, 0.3) is 0 Å². The molecular weight excluding hydrogens is 224 g/mol. The van der Waals surface area contributed by atoms with E-state index in [2.05, 4.69) is 0 Å². The van der Waals surface area contributed by atoms with Crippen molar-refractivity contribution in [3.8, 4) is 11.8 Å². The minimum atomic E-state index is -0.716. The van der Waals surface area contributed by atoms with Crippen molar-refractivity contribution in [3.63, 3.8) is 0 Å². The molecule has 3 nitrogen and oxygen atoms in total. The first-order valence-electron chi connectivity index (χ1n) is 4.94. The zero-order chi connectivity index (χ0) is 12.5. The molecule has 0 aliphatic carbocycles. The van der Waals surface area contributed by atoms with Crippen molar-refractivity contribution in [1.29, 1.82) is 5.26 Å². The molecule has 0 saturated carbocycles. The summed E-state index contributed by atoms with van der Waals surface area (Å²) in [7, 11) is 1.57. The number of nitrogens with two attached hydrogens (primary N) is 1. The summed E-state index contributed by atoms with van der Waals surface area (Å²) >= 11 is 6.20. The zero-order valence-electron chi connectivity index (χ0n) is 9.89. The van der Waals surface area contributed by atoms with Gasteiger partial charge in [0.1, 0.15) is 11.8 Å². The second kappa shape index (κ2) is 4.73. The molecule has 0 aliphatic rings. The lowest BCUT2D eigenvalue weighted by molar-refractivity contribution is 0.404. The molecule has 4 heteroatoms. The highest BCUT2D eigenvalue weighted by atomic mass is 35.5. The van der Waals surface area contributed by atoms with Crippen molar-refractivity contribution in [3.05, 3.63) is 27.3 Å². The Labute approximate surface area is 101 Å². The topological polar surface area (TPSA) is 59.0 Å². The molecular formula is C12H15ClN2O. The van der Waals surface area contributed by atoms with Gasteiger partial charge in [0.25, 0.3) is 0 Å². The smallest absolute Gasteiger partial charge is 0.128 e. The molecule has 0 bridgehead atoms. The number of halogens is 1. The molecule has 1 unspecified atom stereocenters. The standard InChI is InChI=1S/C12H15ClN2O/c1-6-7(2)12(16-4)10(9(15)5-14)8(3)11(6)13/h9H,15H2,1-4H3. The van der Waals surface area contributed by atoms with Gasteiger partial charge in [0.2, 0.25) is 0 Å². The molecule has 0 saturated heterocycles. The number of nitrogens with zero attached hydrogens (tertiary/aromatic N) is 1. The summed E-state index contributed by atoms with van der Waals surface area (Å²) < 4.78 is 5.33. The summed E-state index contributed by atoms with van der Waals surface area (Å²) in [5.74, 6) is 0.661. The Morgan fingerprint density at radius 1 is 1.25 bits per heavy atom. The summed E-state index contributed by atoms with van der Waals surface area (Å²) in [5.41, 5.74) is 9.15. The fourth-order valence-corrected chi connectivity index (χ4v) is 2.05. The van der Waals surface area contributed by atoms with Crippen LogP contribution < -0.4 is 10.5 Å². The molecule has 0 heterocycles. The molecule has 0 radical (unpaired) electrons. The first-order valence-corrected chi connectivity index (χ1v) is 5.31. The number of methoxy groups -OCH3 is 1. The third-order valence-corrected chi connectivity index (χ3v) is 3.43. The summed E-state index contributed by atoms with van der Waals surface area (Å²) in [6, 6.07) is 1.29. The van der Waals surface area contributed by atoms with Gasteiger partial charge in [-0.2, -0.15) is 5.26 Å². The lowest BCUT2D eigenvalue weighted by atomic mass is 9.95. The van der Waals surface area contributed by atoms with Crippen LogP contribution in [0.4, 0.5) is 0 Å². The Bertz CT molecular complexity index is 463. The quantitative estimate of drug-likeness (QED) is 0.862. The van der Waals surface area contributed by atoms with Gasteiger partial charge in [-0.25, -0.2) is 0 Å². The SMILES string of the molecule is COc1c(C)c(C)c(Cl)c(C)c1C(N)C#N. The van der Waals surface area contributed by atoms with Crippen LogP contribution in [-0.2, 0) is 0 Å². The molecule has 16 heavy (non-hydrogen) atoms. The third-order valence-electron chi connectivity index (χ3n) is 2.86. The van der Waals surface area contributed by atoms with Crippen LogP contribution in [0.15, 0.2) is 0 Å². The van der Waals surface area contributed by atoms with Crippen LogP contribution in [0, 0.1) is 32.1 Å². The molecule has 0 amide bonds.